The Bertz CT molecular complexity index is 612. The second kappa shape index (κ2) is 6.70. The van der Waals surface area contributed by atoms with Gasteiger partial charge >= 0.3 is 0 Å². The van der Waals surface area contributed by atoms with Crippen molar-refractivity contribution in [2.45, 2.75) is 51.0 Å². The van der Waals surface area contributed by atoms with Gasteiger partial charge in [0, 0.05) is 0 Å². The van der Waals surface area contributed by atoms with E-state index in [-0.39, 0.29) is 12.0 Å². The molecule has 6 heteroatoms. The van der Waals surface area contributed by atoms with E-state index in [2.05, 4.69) is 10.5 Å². The average molecular weight is 357 g/mol. The number of alkyl halides is 2. The first-order valence-corrected chi connectivity index (χ1v) is 8.47. The molecular weight excluding hydrogens is 335 g/mol. The summed E-state index contributed by atoms with van der Waals surface area (Å²) in [6.07, 6.45) is 1.26. The Hall–Kier alpha value is -1.26. The van der Waals surface area contributed by atoms with E-state index in [1.54, 1.807) is 6.92 Å². The second-order valence-corrected chi connectivity index (χ2v) is 7.74. The summed E-state index contributed by atoms with van der Waals surface area (Å²) in [5.74, 6) is 0.552. The molecule has 1 amide bonds. The van der Waals surface area contributed by atoms with Gasteiger partial charge in [-0.2, -0.15) is 5.10 Å². The summed E-state index contributed by atoms with van der Waals surface area (Å²) in [5, 5.41) is 4.23. The van der Waals surface area contributed by atoms with Crippen molar-refractivity contribution in [2.75, 3.05) is 0 Å². The van der Waals surface area contributed by atoms with Crippen LogP contribution in [0.5, 0.6) is 5.75 Å². The van der Waals surface area contributed by atoms with Crippen LogP contribution in [0.2, 0.25) is 0 Å². The number of hydrogen-bond acceptors (Lipinski definition) is 3. The lowest BCUT2D eigenvalue weighted by Gasteiger charge is -2.12. The quantitative estimate of drug-likeness (QED) is 0.469. The number of amides is 1. The highest BCUT2D eigenvalue weighted by atomic mass is 35.5. The predicted molar refractivity (Wildman–Crippen MR) is 94.3 cm³/mol. The SMILES string of the molecule is CC/C(=N\NC(=O)C1(C)CC1(Cl)Cl)c1ccc(OC(C)C)cc1. The van der Waals surface area contributed by atoms with E-state index in [4.69, 9.17) is 27.9 Å². The number of nitrogens with zero attached hydrogens (tertiary/aromatic N) is 1. The van der Waals surface area contributed by atoms with Gasteiger partial charge in [-0.1, -0.05) is 6.92 Å². The fourth-order valence-corrected chi connectivity index (χ4v) is 2.94. The van der Waals surface area contributed by atoms with E-state index in [9.17, 15) is 4.79 Å². The van der Waals surface area contributed by atoms with Gasteiger partial charge in [0.2, 0.25) is 5.91 Å². The summed E-state index contributed by atoms with van der Waals surface area (Å²) in [6.45, 7) is 7.68. The Kier molecular flexibility index (Phi) is 5.27. The first-order valence-electron chi connectivity index (χ1n) is 7.71. The number of hydrazone groups is 1. The van der Waals surface area contributed by atoms with E-state index < -0.39 is 9.75 Å². The highest BCUT2D eigenvalue weighted by molar-refractivity contribution is 6.53. The molecule has 23 heavy (non-hydrogen) atoms. The van der Waals surface area contributed by atoms with Crippen LogP contribution in [-0.4, -0.2) is 22.1 Å². The highest BCUT2D eigenvalue weighted by Crippen LogP contribution is 2.63. The van der Waals surface area contributed by atoms with Crippen LogP contribution in [0.25, 0.3) is 0 Å². The Morgan fingerprint density at radius 3 is 2.35 bits per heavy atom. The predicted octanol–water partition coefficient (Wildman–Crippen LogP) is 4.29. The molecule has 0 radical (unpaired) electrons. The van der Waals surface area contributed by atoms with E-state index in [1.807, 2.05) is 45.0 Å². The van der Waals surface area contributed by atoms with E-state index in [1.165, 1.54) is 0 Å². The van der Waals surface area contributed by atoms with Crippen LogP contribution in [0.4, 0.5) is 0 Å². The van der Waals surface area contributed by atoms with Gasteiger partial charge < -0.3 is 4.74 Å². The molecule has 0 aromatic heterocycles. The molecule has 0 bridgehead atoms. The molecule has 4 nitrogen and oxygen atoms in total. The smallest absolute Gasteiger partial charge is 0.249 e. The van der Waals surface area contributed by atoms with Crippen LogP contribution in [0.1, 0.15) is 46.1 Å². The van der Waals surface area contributed by atoms with Crippen LogP contribution in [0, 0.1) is 5.41 Å². The number of halogens is 2. The first-order chi connectivity index (χ1) is 10.7. The van der Waals surface area contributed by atoms with Gasteiger partial charge in [-0.15, -0.1) is 23.2 Å². The Morgan fingerprint density at radius 2 is 1.91 bits per heavy atom. The first kappa shape index (κ1) is 18.1. The maximum atomic E-state index is 12.2. The molecule has 1 N–H and O–H groups in total. The lowest BCUT2D eigenvalue weighted by Crippen LogP contribution is -2.30. The molecule has 0 saturated heterocycles. The number of ether oxygens (including phenoxy) is 1. The van der Waals surface area contributed by atoms with Crippen molar-refractivity contribution in [3.05, 3.63) is 29.8 Å². The summed E-state index contributed by atoms with van der Waals surface area (Å²) >= 11 is 12.0. The fourth-order valence-electron chi connectivity index (χ4n) is 2.23. The molecule has 1 fully saturated rings. The van der Waals surface area contributed by atoms with Gasteiger partial charge in [0.15, 0.2) is 0 Å². The minimum Gasteiger partial charge on any atom is -0.491 e. The van der Waals surface area contributed by atoms with Crippen molar-refractivity contribution in [1.29, 1.82) is 0 Å². The minimum absolute atomic E-state index is 0.130. The highest BCUT2D eigenvalue weighted by Gasteiger charge is 2.68. The molecule has 1 atom stereocenters. The van der Waals surface area contributed by atoms with Gasteiger partial charge in [0.1, 0.15) is 10.1 Å². The number of carbonyl (C=O) groups is 1. The Balaban J connectivity index is 2.06. The Morgan fingerprint density at radius 1 is 1.35 bits per heavy atom. The lowest BCUT2D eigenvalue weighted by molar-refractivity contribution is -0.125. The van der Waals surface area contributed by atoms with Crippen LogP contribution in [0.3, 0.4) is 0 Å². The molecular formula is C17H22Cl2N2O2. The molecule has 126 valence electrons. The number of benzene rings is 1. The Labute approximate surface area is 147 Å². The fraction of sp³-hybridized carbons (Fsp3) is 0.529. The lowest BCUT2D eigenvalue weighted by atomic mass is 10.1. The van der Waals surface area contributed by atoms with Crippen molar-refractivity contribution in [3.8, 4) is 5.75 Å². The van der Waals surface area contributed by atoms with Gasteiger partial charge in [-0.3, -0.25) is 4.79 Å². The van der Waals surface area contributed by atoms with E-state index in [0.29, 0.717) is 12.8 Å². The molecule has 0 aliphatic heterocycles. The number of carbonyl (C=O) groups excluding carboxylic acids is 1. The molecule has 1 aromatic carbocycles. The van der Waals surface area contributed by atoms with Gasteiger partial charge in [0.05, 0.1) is 17.2 Å². The van der Waals surface area contributed by atoms with E-state index >= 15 is 0 Å². The zero-order chi connectivity index (χ0) is 17.3. The number of hydrogen-bond donors (Lipinski definition) is 1. The summed E-state index contributed by atoms with van der Waals surface area (Å²) < 4.78 is 4.63. The monoisotopic (exact) mass is 356 g/mol. The molecule has 2 rings (SSSR count). The van der Waals surface area contributed by atoms with Gasteiger partial charge in [-0.25, -0.2) is 5.43 Å². The number of nitrogens with one attached hydrogen (secondary N) is 1. The third kappa shape index (κ3) is 3.99. The third-order valence-electron chi connectivity index (χ3n) is 3.95. The molecule has 1 saturated carbocycles. The summed E-state index contributed by atoms with van der Waals surface area (Å²) in [5.41, 5.74) is 3.54. The topological polar surface area (TPSA) is 50.7 Å². The second-order valence-electron chi connectivity index (χ2n) is 6.26. The van der Waals surface area contributed by atoms with Crippen molar-refractivity contribution < 1.29 is 9.53 Å². The largest absolute Gasteiger partial charge is 0.491 e. The number of rotatable bonds is 6. The van der Waals surface area contributed by atoms with E-state index in [0.717, 1.165) is 17.0 Å². The zero-order valence-corrected chi connectivity index (χ0v) is 15.3. The molecule has 1 aromatic rings. The van der Waals surface area contributed by atoms with Crippen molar-refractivity contribution >= 4 is 34.8 Å². The van der Waals surface area contributed by atoms with Crippen LogP contribution >= 0.6 is 23.2 Å². The van der Waals surface area contributed by atoms with Crippen molar-refractivity contribution in [1.82, 2.24) is 5.43 Å². The maximum Gasteiger partial charge on any atom is 0.249 e. The molecule has 1 aliphatic rings. The van der Waals surface area contributed by atoms with Gasteiger partial charge in [-0.05, 0) is 63.4 Å². The van der Waals surface area contributed by atoms with Crippen LogP contribution in [0.15, 0.2) is 29.4 Å². The molecule has 0 spiro atoms. The maximum absolute atomic E-state index is 12.2. The van der Waals surface area contributed by atoms with Crippen molar-refractivity contribution in [2.24, 2.45) is 10.5 Å². The summed E-state index contributed by atoms with van der Waals surface area (Å²) in [6, 6.07) is 7.65. The standard InChI is InChI=1S/C17H22Cl2N2O2/c1-5-14(12-6-8-13(9-7-12)23-11(2)3)20-21-15(22)16(4)10-17(16,18)19/h6-9,11H,5,10H2,1-4H3,(H,21,22)/b20-14+. The van der Waals surface area contributed by atoms with Crippen LogP contribution < -0.4 is 10.2 Å². The molecule has 1 aliphatic carbocycles. The zero-order valence-electron chi connectivity index (χ0n) is 13.8. The van der Waals surface area contributed by atoms with Crippen LogP contribution in [-0.2, 0) is 4.79 Å². The molecule has 0 heterocycles. The molecule has 1 unspecified atom stereocenters. The van der Waals surface area contributed by atoms with Gasteiger partial charge in [0.25, 0.3) is 0 Å². The minimum atomic E-state index is -0.991. The summed E-state index contributed by atoms with van der Waals surface area (Å²) in [4.78, 5) is 12.2. The average Bonchev–Trinajstić information content (AvgIpc) is 3.00. The normalized spacial score (nSPS) is 22.8. The summed E-state index contributed by atoms with van der Waals surface area (Å²) in [7, 11) is 0. The third-order valence-corrected chi connectivity index (χ3v) is 5.05. The van der Waals surface area contributed by atoms with Crippen molar-refractivity contribution in [3.63, 3.8) is 0 Å².